The maximum absolute atomic E-state index is 12.5. The molecule has 1 heterocycles. The summed E-state index contributed by atoms with van der Waals surface area (Å²) < 4.78 is 37.4. The van der Waals surface area contributed by atoms with E-state index in [-0.39, 0.29) is 12.1 Å². The molecule has 1 atom stereocenters. The Kier molecular flexibility index (Phi) is 4.26. The molecule has 0 amide bonds. The molecule has 2 rings (SSSR count). The third-order valence-electron chi connectivity index (χ3n) is 3.05. The zero-order valence-corrected chi connectivity index (χ0v) is 10.8. The van der Waals surface area contributed by atoms with Crippen LogP contribution in [0.3, 0.4) is 0 Å². The first kappa shape index (κ1) is 15.0. The monoisotopic (exact) mass is 295 g/mol. The lowest BCUT2D eigenvalue weighted by molar-refractivity contribution is -0.138. The molecule has 0 saturated carbocycles. The minimum absolute atomic E-state index is 0.111. The lowest BCUT2D eigenvalue weighted by atomic mass is 9.95. The van der Waals surface area contributed by atoms with Crippen molar-refractivity contribution in [3.63, 3.8) is 0 Å². The molecular formula is C15H12F3NO2. The third kappa shape index (κ3) is 3.81. The minimum Gasteiger partial charge on any atom is -0.481 e. The number of carboxylic acids is 1. The Balaban J connectivity index is 2.25. The van der Waals surface area contributed by atoms with Crippen molar-refractivity contribution in [2.45, 2.75) is 18.5 Å². The molecule has 6 heteroatoms. The van der Waals surface area contributed by atoms with Gasteiger partial charge in [0.25, 0.3) is 0 Å². The number of rotatable bonds is 4. The van der Waals surface area contributed by atoms with Gasteiger partial charge in [0.15, 0.2) is 0 Å². The van der Waals surface area contributed by atoms with Crippen LogP contribution in [0.15, 0.2) is 48.7 Å². The van der Waals surface area contributed by atoms with Gasteiger partial charge in [0.2, 0.25) is 0 Å². The minimum atomic E-state index is -4.48. The number of nitrogens with zero attached hydrogens (tertiary/aromatic N) is 1. The first-order valence-corrected chi connectivity index (χ1v) is 6.18. The lowest BCUT2D eigenvalue weighted by Crippen LogP contribution is -2.16. The number of halogens is 3. The van der Waals surface area contributed by atoms with Gasteiger partial charge in [-0.15, -0.1) is 0 Å². The van der Waals surface area contributed by atoms with E-state index in [4.69, 9.17) is 0 Å². The molecule has 1 aromatic heterocycles. The van der Waals surface area contributed by atoms with Crippen LogP contribution in [0.1, 0.15) is 22.7 Å². The van der Waals surface area contributed by atoms with Crippen molar-refractivity contribution in [2.24, 2.45) is 0 Å². The predicted molar refractivity (Wildman–Crippen MR) is 69.8 cm³/mol. The van der Waals surface area contributed by atoms with E-state index in [0.717, 1.165) is 17.7 Å². The molecule has 0 fully saturated rings. The van der Waals surface area contributed by atoms with E-state index in [1.807, 2.05) is 0 Å². The number of hydrogen-bond donors (Lipinski definition) is 1. The van der Waals surface area contributed by atoms with Gasteiger partial charge in [-0.2, -0.15) is 13.2 Å². The van der Waals surface area contributed by atoms with Crippen LogP contribution >= 0.6 is 0 Å². The van der Waals surface area contributed by atoms with Gasteiger partial charge in [0, 0.05) is 6.20 Å². The highest BCUT2D eigenvalue weighted by Gasteiger charge is 2.31. The van der Waals surface area contributed by atoms with Crippen molar-refractivity contribution in [2.75, 3.05) is 0 Å². The number of carboxylic acid groups (broad SMARTS) is 1. The van der Waals surface area contributed by atoms with Crippen LogP contribution in [0.2, 0.25) is 0 Å². The summed E-state index contributed by atoms with van der Waals surface area (Å²) in [6.07, 6.45) is -3.64. The maximum Gasteiger partial charge on any atom is 0.417 e. The summed E-state index contributed by atoms with van der Waals surface area (Å²) in [5.74, 6) is -2.10. The Labute approximate surface area is 119 Å². The number of aliphatic carboxylic acids is 1. The number of carbonyl (C=O) groups is 1. The van der Waals surface area contributed by atoms with Crippen LogP contribution in [-0.2, 0) is 17.4 Å². The van der Waals surface area contributed by atoms with Gasteiger partial charge in [-0.1, -0.05) is 30.3 Å². The van der Waals surface area contributed by atoms with Crippen molar-refractivity contribution in [1.82, 2.24) is 4.98 Å². The maximum atomic E-state index is 12.5. The lowest BCUT2D eigenvalue weighted by Gasteiger charge is -2.13. The zero-order valence-electron chi connectivity index (χ0n) is 10.8. The Morgan fingerprint density at radius 1 is 1.14 bits per heavy atom. The molecule has 2 aromatic rings. The van der Waals surface area contributed by atoms with Crippen molar-refractivity contribution < 1.29 is 23.1 Å². The fraction of sp³-hybridized carbons (Fsp3) is 0.200. The van der Waals surface area contributed by atoms with Gasteiger partial charge in [-0.3, -0.25) is 9.78 Å². The van der Waals surface area contributed by atoms with E-state index < -0.39 is 23.6 Å². The number of pyridine rings is 1. The van der Waals surface area contributed by atoms with Crippen molar-refractivity contribution >= 4 is 5.97 Å². The molecule has 1 aromatic carbocycles. The number of aromatic nitrogens is 1. The Hall–Kier alpha value is -2.37. The van der Waals surface area contributed by atoms with Gasteiger partial charge < -0.3 is 5.11 Å². The first-order chi connectivity index (χ1) is 9.88. The van der Waals surface area contributed by atoms with E-state index in [1.54, 1.807) is 30.3 Å². The Morgan fingerprint density at radius 2 is 1.81 bits per heavy atom. The predicted octanol–water partition coefficient (Wildman–Crippen LogP) is 3.51. The molecule has 1 unspecified atom stereocenters. The molecular weight excluding hydrogens is 283 g/mol. The molecule has 0 aliphatic rings. The summed E-state index contributed by atoms with van der Waals surface area (Å²) in [6, 6.07) is 10.8. The number of alkyl halides is 3. The van der Waals surface area contributed by atoms with Crippen LogP contribution < -0.4 is 0 Å². The quantitative estimate of drug-likeness (QED) is 0.939. The standard InChI is InChI=1S/C15H12F3NO2/c16-15(17,18)11-6-7-13(19-9-11)12(14(20)21)8-10-4-2-1-3-5-10/h1-7,9,12H,8H2,(H,20,21). The highest BCUT2D eigenvalue weighted by molar-refractivity contribution is 5.75. The molecule has 0 radical (unpaired) electrons. The molecule has 110 valence electrons. The van der Waals surface area contributed by atoms with Crippen molar-refractivity contribution in [1.29, 1.82) is 0 Å². The molecule has 0 spiro atoms. The Morgan fingerprint density at radius 3 is 2.29 bits per heavy atom. The summed E-state index contributed by atoms with van der Waals surface area (Å²) >= 11 is 0. The van der Waals surface area contributed by atoms with E-state index >= 15 is 0 Å². The number of benzene rings is 1. The van der Waals surface area contributed by atoms with Crippen LogP contribution in [0, 0.1) is 0 Å². The summed E-state index contributed by atoms with van der Waals surface area (Å²) in [4.78, 5) is 15.0. The molecule has 3 nitrogen and oxygen atoms in total. The summed E-state index contributed by atoms with van der Waals surface area (Å²) in [5.41, 5.74) is 0.000973. The molecule has 21 heavy (non-hydrogen) atoms. The number of hydrogen-bond acceptors (Lipinski definition) is 2. The molecule has 1 N–H and O–H groups in total. The SMILES string of the molecule is O=C(O)C(Cc1ccccc1)c1ccc(C(F)(F)F)cn1. The second-order valence-electron chi connectivity index (χ2n) is 4.55. The summed E-state index contributed by atoms with van der Waals surface area (Å²) in [6.45, 7) is 0. The van der Waals surface area contributed by atoms with Gasteiger partial charge in [0.1, 0.15) is 5.92 Å². The largest absolute Gasteiger partial charge is 0.481 e. The highest BCUT2D eigenvalue weighted by atomic mass is 19.4. The smallest absolute Gasteiger partial charge is 0.417 e. The van der Waals surface area contributed by atoms with Crippen LogP contribution in [0.25, 0.3) is 0 Å². The highest BCUT2D eigenvalue weighted by Crippen LogP contribution is 2.29. The van der Waals surface area contributed by atoms with Crippen molar-refractivity contribution in [3.05, 3.63) is 65.5 Å². The van der Waals surface area contributed by atoms with Crippen LogP contribution in [0.5, 0.6) is 0 Å². The van der Waals surface area contributed by atoms with E-state index in [0.29, 0.717) is 6.20 Å². The second kappa shape index (κ2) is 5.95. The van der Waals surface area contributed by atoms with E-state index in [1.165, 1.54) is 0 Å². The second-order valence-corrected chi connectivity index (χ2v) is 4.55. The zero-order chi connectivity index (χ0) is 15.5. The topological polar surface area (TPSA) is 50.2 Å². The first-order valence-electron chi connectivity index (χ1n) is 6.18. The Bertz CT molecular complexity index is 609. The fourth-order valence-corrected chi connectivity index (χ4v) is 1.95. The van der Waals surface area contributed by atoms with Gasteiger partial charge in [-0.25, -0.2) is 0 Å². The molecule has 0 saturated heterocycles. The van der Waals surface area contributed by atoms with Gasteiger partial charge in [-0.05, 0) is 24.1 Å². The molecule has 0 aliphatic heterocycles. The van der Waals surface area contributed by atoms with Gasteiger partial charge >= 0.3 is 12.1 Å². The van der Waals surface area contributed by atoms with Crippen molar-refractivity contribution in [3.8, 4) is 0 Å². The van der Waals surface area contributed by atoms with E-state index in [9.17, 15) is 23.1 Å². The van der Waals surface area contributed by atoms with Crippen LogP contribution in [0.4, 0.5) is 13.2 Å². The average molecular weight is 295 g/mol. The van der Waals surface area contributed by atoms with E-state index in [2.05, 4.69) is 4.98 Å². The normalized spacial score (nSPS) is 12.9. The third-order valence-corrected chi connectivity index (χ3v) is 3.05. The average Bonchev–Trinajstić information content (AvgIpc) is 2.45. The summed E-state index contributed by atoms with van der Waals surface area (Å²) in [7, 11) is 0. The fourth-order valence-electron chi connectivity index (χ4n) is 1.95. The van der Waals surface area contributed by atoms with Crippen LogP contribution in [-0.4, -0.2) is 16.1 Å². The van der Waals surface area contributed by atoms with Gasteiger partial charge in [0.05, 0.1) is 11.3 Å². The molecule has 0 aliphatic carbocycles. The molecule has 0 bridgehead atoms. The summed E-state index contributed by atoms with van der Waals surface area (Å²) in [5, 5.41) is 9.25.